The molecule has 0 radical (unpaired) electrons. The molecule has 0 spiro atoms. The lowest BCUT2D eigenvalue weighted by molar-refractivity contribution is 0.200. The monoisotopic (exact) mass is 241 g/mol. The van der Waals surface area contributed by atoms with Gasteiger partial charge in [0.05, 0.1) is 22.3 Å². The van der Waals surface area contributed by atoms with Crippen molar-refractivity contribution >= 4 is 11.0 Å². The summed E-state index contributed by atoms with van der Waals surface area (Å²) < 4.78 is 14.7. The first-order valence-corrected chi connectivity index (χ1v) is 7.21. The van der Waals surface area contributed by atoms with Gasteiger partial charge in [-0.3, -0.25) is 0 Å². The van der Waals surface area contributed by atoms with Crippen LogP contribution in [-0.4, -0.2) is 15.5 Å². The van der Waals surface area contributed by atoms with Crippen LogP contribution in [0.1, 0.15) is 46.5 Å². The predicted octanol–water partition coefficient (Wildman–Crippen LogP) is 2.48. The zero-order valence-corrected chi connectivity index (χ0v) is 11.4. The van der Waals surface area contributed by atoms with Crippen LogP contribution in [-0.2, 0) is 11.0 Å². The van der Waals surface area contributed by atoms with E-state index in [1.807, 2.05) is 0 Å². The summed E-state index contributed by atoms with van der Waals surface area (Å²) in [5, 5.41) is 0. The third kappa shape index (κ3) is 3.61. The summed E-state index contributed by atoms with van der Waals surface area (Å²) in [7, 11) is -1.04. The van der Waals surface area contributed by atoms with Crippen molar-refractivity contribution in [2.45, 2.75) is 51.2 Å². The Balaban J connectivity index is 2.42. The highest BCUT2D eigenvalue weighted by atomic mass is 32.2. The lowest BCUT2D eigenvalue weighted by Gasteiger charge is -2.36. The molecule has 0 saturated heterocycles. The largest absolute Gasteiger partial charge is 0.242 e. The van der Waals surface area contributed by atoms with E-state index in [4.69, 9.17) is 6.42 Å². The van der Waals surface area contributed by atoms with E-state index in [1.54, 1.807) is 0 Å². The highest BCUT2D eigenvalue weighted by Crippen LogP contribution is 2.37. The van der Waals surface area contributed by atoms with Crippen molar-refractivity contribution in [2.24, 2.45) is 11.8 Å². The molecule has 1 aliphatic rings. The normalized spacial score (nSPS) is 20.9. The molecule has 1 aliphatic carbocycles. The number of hydrogen-bond donors (Lipinski definition) is 1. The van der Waals surface area contributed by atoms with Crippen molar-refractivity contribution in [3.8, 4) is 12.3 Å². The standard InChI is InChI=1S/C13H23NOS/c1-5-9-14-16(15)13(3,4)10-11(2)12-7-6-8-12/h1,11-12,14H,6-10H2,2-4H3/t11-,16?/m0/s1. The third-order valence-electron chi connectivity index (χ3n) is 3.58. The van der Waals surface area contributed by atoms with E-state index in [0.717, 1.165) is 12.3 Å². The molecule has 0 heterocycles. The van der Waals surface area contributed by atoms with Crippen LogP contribution in [0, 0.1) is 24.2 Å². The SMILES string of the molecule is C#CCNS(=O)C(C)(C)C[C@H](C)C1CCC1. The van der Waals surface area contributed by atoms with Crippen molar-refractivity contribution in [3.63, 3.8) is 0 Å². The van der Waals surface area contributed by atoms with Crippen LogP contribution in [0.4, 0.5) is 0 Å². The van der Waals surface area contributed by atoms with Crippen molar-refractivity contribution < 1.29 is 4.21 Å². The van der Waals surface area contributed by atoms with Crippen LogP contribution in [0.2, 0.25) is 0 Å². The lowest BCUT2D eigenvalue weighted by atomic mass is 9.74. The highest BCUT2D eigenvalue weighted by Gasteiger charge is 2.32. The van der Waals surface area contributed by atoms with Gasteiger partial charge in [-0.2, -0.15) is 0 Å². The Kier molecular flexibility index (Phi) is 5.01. The molecule has 1 unspecified atom stereocenters. The molecule has 3 heteroatoms. The van der Waals surface area contributed by atoms with Gasteiger partial charge in [-0.15, -0.1) is 6.42 Å². The minimum absolute atomic E-state index is 0.189. The van der Waals surface area contributed by atoms with E-state index in [1.165, 1.54) is 19.3 Å². The topological polar surface area (TPSA) is 29.1 Å². The average Bonchev–Trinajstić information content (AvgIpc) is 2.09. The first-order valence-electron chi connectivity index (χ1n) is 6.06. The van der Waals surface area contributed by atoms with Crippen LogP contribution in [0.5, 0.6) is 0 Å². The number of terminal acetylenes is 1. The molecular formula is C13H23NOS. The second-order valence-electron chi connectivity index (χ2n) is 5.43. The Morgan fingerprint density at radius 2 is 2.19 bits per heavy atom. The molecule has 0 aromatic carbocycles. The molecule has 1 saturated carbocycles. The molecule has 16 heavy (non-hydrogen) atoms. The van der Waals surface area contributed by atoms with Crippen molar-refractivity contribution in [2.75, 3.05) is 6.54 Å². The van der Waals surface area contributed by atoms with Gasteiger partial charge in [-0.05, 0) is 32.1 Å². The van der Waals surface area contributed by atoms with E-state index in [0.29, 0.717) is 12.5 Å². The Labute approximate surface area is 102 Å². The summed E-state index contributed by atoms with van der Waals surface area (Å²) in [6.07, 6.45) is 10.2. The van der Waals surface area contributed by atoms with Gasteiger partial charge in [-0.25, -0.2) is 8.93 Å². The molecular weight excluding hydrogens is 218 g/mol. The molecule has 0 amide bonds. The molecule has 0 bridgehead atoms. The van der Waals surface area contributed by atoms with Gasteiger partial charge < -0.3 is 0 Å². The fourth-order valence-electron chi connectivity index (χ4n) is 2.33. The van der Waals surface area contributed by atoms with E-state index in [2.05, 4.69) is 31.4 Å². The zero-order chi connectivity index (χ0) is 12.2. The first kappa shape index (κ1) is 13.7. The summed E-state index contributed by atoms with van der Waals surface area (Å²) in [6.45, 7) is 6.78. The fraction of sp³-hybridized carbons (Fsp3) is 0.846. The molecule has 1 N–H and O–H groups in total. The summed E-state index contributed by atoms with van der Waals surface area (Å²) in [5.74, 6) is 3.98. The van der Waals surface area contributed by atoms with E-state index >= 15 is 0 Å². The van der Waals surface area contributed by atoms with Gasteiger partial charge in [0.25, 0.3) is 0 Å². The smallest absolute Gasteiger partial charge is 0.0982 e. The number of hydrogen-bond acceptors (Lipinski definition) is 1. The van der Waals surface area contributed by atoms with Crippen LogP contribution >= 0.6 is 0 Å². The van der Waals surface area contributed by atoms with Crippen LogP contribution < -0.4 is 4.72 Å². The van der Waals surface area contributed by atoms with Crippen LogP contribution in [0.3, 0.4) is 0 Å². The third-order valence-corrected chi connectivity index (χ3v) is 5.15. The summed E-state index contributed by atoms with van der Waals surface area (Å²) >= 11 is 0. The molecule has 1 rings (SSSR count). The second-order valence-corrected chi connectivity index (χ2v) is 7.36. The van der Waals surface area contributed by atoms with Gasteiger partial charge in [0.2, 0.25) is 0 Å². The van der Waals surface area contributed by atoms with Gasteiger partial charge in [0.1, 0.15) is 0 Å². The predicted molar refractivity (Wildman–Crippen MR) is 70.2 cm³/mol. The Morgan fingerprint density at radius 3 is 2.62 bits per heavy atom. The van der Waals surface area contributed by atoms with E-state index in [-0.39, 0.29) is 4.75 Å². The Bertz CT molecular complexity index is 289. The first-order chi connectivity index (χ1) is 7.47. The van der Waals surface area contributed by atoms with E-state index < -0.39 is 11.0 Å². The van der Waals surface area contributed by atoms with Crippen LogP contribution in [0.25, 0.3) is 0 Å². The van der Waals surface area contributed by atoms with Crippen molar-refractivity contribution in [1.29, 1.82) is 0 Å². The molecule has 0 aliphatic heterocycles. The number of rotatable bonds is 6. The quantitative estimate of drug-likeness (QED) is 0.711. The maximum atomic E-state index is 12.0. The molecule has 92 valence electrons. The molecule has 2 atom stereocenters. The van der Waals surface area contributed by atoms with Crippen molar-refractivity contribution in [3.05, 3.63) is 0 Å². The fourth-order valence-corrected chi connectivity index (χ4v) is 3.35. The molecule has 1 fully saturated rings. The Hall–Kier alpha value is -0.330. The maximum absolute atomic E-state index is 12.0. The summed E-state index contributed by atoms with van der Waals surface area (Å²) in [4.78, 5) is 0. The minimum atomic E-state index is -1.04. The van der Waals surface area contributed by atoms with Crippen LogP contribution in [0.15, 0.2) is 0 Å². The van der Waals surface area contributed by atoms with Crippen molar-refractivity contribution in [1.82, 2.24) is 4.72 Å². The minimum Gasteiger partial charge on any atom is -0.242 e. The molecule has 0 aromatic rings. The lowest BCUT2D eigenvalue weighted by Crippen LogP contribution is -2.39. The zero-order valence-electron chi connectivity index (χ0n) is 10.6. The van der Waals surface area contributed by atoms with E-state index in [9.17, 15) is 4.21 Å². The van der Waals surface area contributed by atoms with Gasteiger partial charge >= 0.3 is 0 Å². The maximum Gasteiger partial charge on any atom is 0.0982 e. The second kappa shape index (κ2) is 5.84. The van der Waals surface area contributed by atoms with Gasteiger partial charge in [-0.1, -0.05) is 32.1 Å². The number of nitrogens with one attached hydrogen (secondary N) is 1. The summed E-state index contributed by atoms with van der Waals surface area (Å²) in [5.41, 5.74) is 0. The molecule has 0 aromatic heterocycles. The van der Waals surface area contributed by atoms with Gasteiger partial charge in [0.15, 0.2) is 0 Å². The molecule has 2 nitrogen and oxygen atoms in total. The summed E-state index contributed by atoms with van der Waals surface area (Å²) in [6, 6.07) is 0. The average molecular weight is 241 g/mol. The van der Waals surface area contributed by atoms with Gasteiger partial charge in [0, 0.05) is 0 Å². The highest BCUT2D eigenvalue weighted by molar-refractivity contribution is 7.84. The Morgan fingerprint density at radius 1 is 1.56 bits per heavy atom.